The number of fused-ring (bicyclic) bond motifs is 1. The lowest BCUT2D eigenvalue weighted by Gasteiger charge is -2.11. The van der Waals surface area contributed by atoms with Gasteiger partial charge in [0.05, 0.1) is 17.2 Å². The fourth-order valence-corrected chi connectivity index (χ4v) is 2.42. The van der Waals surface area contributed by atoms with Gasteiger partial charge in [-0.1, -0.05) is 12.1 Å². The van der Waals surface area contributed by atoms with Crippen LogP contribution in [0.2, 0.25) is 0 Å². The Morgan fingerprint density at radius 1 is 1.14 bits per heavy atom. The van der Waals surface area contributed by atoms with Crippen molar-refractivity contribution in [3.05, 3.63) is 64.7 Å². The number of hydrogen-bond donors (Lipinski definition) is 0. The standard InChI is InChI=1S/C16H10F3NO/c17-16(18,19)13-4-5-14-12(7-13)8-15(21-14)11-3-1-2-10(6-11)9-20/h1-7,15H,8H2/t15-/m0/s1. The molecule has 0 spiro atoms. The van der Waals surface area contributed by atoms with Gasteiger partial charge < -0.3 is 4.74 Å². The Morgan fingerprint density at radius 3 is 2.67 bits per heavy atom. The third-order valence-corrected chi connectivity index (χ3v) is 3.45. The quantitative estimate of drug-likeness (QED) is 0.786. The molecule has 2 nitrogen and oxygen atoms in total. The normalized spacial score (nSPS) is 17.0. The molecule has 1 heterocycles. The van der Waals surface area contributed by atoms with Crippen molar-refractivity contribution in [1.82, 2.24) is 0 Å². The molecule has 0 saturated carbocycles. The Kier molecular flexibility index (Phi) is 3.09. The van der Waals surface area contributed by atoms with Crippen LogP contribution in [0.3, 0.4) is 0 Å². The monoisotopic (exact) mass is 289 g/mol. The van der Waals surface area contributed by atoms with Gasteiger partial charge in [0.25, 0.3) is 0 Å². The second-order valence-corrected chi connectivity index (χ2v) is 4.87. The van der Waals surface area contributed by atoms with E-state index >= 15 is 0 Å². The van der Waals surface area contributed by atoms with Gasteiger partial charge in [0.2, 0.25) is 0 Å². The van der Waals surface area contributed by atoms with Crippen molar-refractivity contribution >= 4 is 0 Å². The minimum atomic E-state index is -4.35. The molecule has 0 unspecified atom stereocenters. The molecule has 0 saturated heterocycles. The molecule has 1 aliphatic heterocycles. The van der Waals surface area contributed by atoms with Crippen LogP contribution < -0.4 is 4.74 Å². The van der Waals surface area contributed by atoms with Crippen molar-refractivity contribution in [3.63, 3.8) is 0 Å². The molecule has 2 aromatic carbocycles. The summed E-state index contributed by atoms with van der Waals surface area (Å²) in [4.78, 5) is 0. The van der Waals surface area contributed by atoms with Gasteiger partial charge in [0.15, 0.2) is 0 Å². The Balaban J connectivity index is 1.89. The molecule has 1 atom stereocenters. The number of nitriles is 1. The lowest BCUT2D eigenvalue weighted by atomic mass is 10.0. The van der Waals surface area contributed by atoms with E-state index < -0.39 is 11.7 Å². The van der Waals surface area contributed by atoms with E-state index in [2.05, 4.69) is 0 Å². The van der Waals surface area contributed by atoms with E-state index in [-0.39, 0.29) is 6.10 Å². The Bertz CT molecular complexity index is 731. The third-order valence-electron chi connectivity index (χ3n) is 3.45. The second-order valence-electron chi connectivity index (χ2n) is 4.87. The molecular formula is C16H10F3NO. The summed E-state index contributed by atoms with van der Waals surface area (Å²) in [6.07, 6.45) is -4.33. The molecule has 0 aromatic heterocycles. The van der Waals surface area contributed by atoms with Gasteiger partial charge >= 0.3 is 6.18 Å². The van der Waals surface area contributed by atoms with Crippen LogP contribution in [0.15, 0.2) is 42.5 Å². The lowest BCUT2D eigenvalue weighted by molar-refractivity contribution is -0.137. The van der Waals surface area contributed by atoms with Crippen LogP contribution in [0.4, 0.5) is 13.2 Å². The smallest absolute Gasteiger partial charge is 0.416 e. The van der Waals surface area contributed by atoms with Crippen LogP contribution >= 0.6 is 0 Å². The van der Waals surface area contributed by atoms with E-state index in [1.807, 2.05) is 12.1 Å². The first-order valence-electron chi connectivity index (χ1n) is 6.34. The first kappa shape index (κ1) is 13.5. The number of hydrogen-bond acceptors (Lipinski definition) is 2. The second kappa shape index (κ2) is 4.81. The van der Waals surface area contributed by atoms with Gasteiger partial charge in [-0.3, -0.25) is 0 Å². The molecule has 106 valence electrons. The molecule has 0 aliphatic carbocycles. The number of halogens is 3. The molecule has 1 aliphatic rings. The Labute approximate surface area is 119 Å². The fourth-order valence-electron chi connectivity index (χ4n) is 2.42. The van der Waals surface area contributed by atoms with Gasteiger partial charge in [-0.2, -0.15) is 18.4 Å². The summed E-state index contributed by atoms with van der Waals surface area (Å²) < 4.78 is 43.8. The minimum absolute atomic E-state index is 0.350. The zero-order valence-corrected chi connectivity index (χ0v) is 10.8. The molecule has 0 N–H and O–H groups in total. The maximum atomic E-state index is 12.7. The van der Waals surface area contributed by atoms with Crippen molar-refractivity contribution in [3.8, 4) is 11.8 Å². The van der Waals surface area contributed by atoms with E-state index in [1.54, 1.807) is 18.2 Å². The summed E-state index contributed by atoms with van der Waals surface area (Å²) in [5, 5.41) is 8.89. The third kappa shape index (κ3) is 2.57. The van der Waals surface area contributed by atoms with Crippen molar-refractivity contribution in [2.45, 2.75) is 18.7 Å². The highest BCUT2D eigenvalue weighted by molar-refractivity contribution is 5.44. The number of benzene rings is 2. The summed E-state index contributed by atoms with van der Waals surface area (Å²) >= 11 is 0. The first-order valence-corrected chi connectivity index (χ1v) is 6.34. The van der Waals surface area contributed by atoms with E-state index in [4.69, 9.17) is 10.00 Å². The van der Waals surface area contributed by atoms with Crippen molar-refractivity contribution in [2.75, 3.05) is 0 Å². The fraction of sp³-hybridized carbons (Fsp3) is 0.188. The SMILES string of the molecule is N#Cc1cccc([C@@H]2Cc3cc(C(F)(F)F)ccc3O2)c1. The highest BCUT2D eigenvalue weighted by atomic mass is 19.4. The van der Waals surface area contributed by atoms with Gasteiger partial charge in [0.1, 0.15) is 11.9 Å². The topological polar surface area (TPSA) is 33.0 Å². The van der Waals surface area contributed by atoms with Crippen LogP contribution in [0.1, 0.15) is 28.4 Å². The van der Waals surface area contributed by atoms with Crippen molar-refractivity contribution in [1.29, 1.82) is 5.26 Å². The molecule has 5 heteroatoms. The van der Waals surface area contributed by atoms with Crippen LogP contribution in [0.5, 0.6) is 5.75 Å². The van der Waals surface area contributed by atoms with Crippen LogP contribution in [0, 0.1) is 11.3 Å². The van der Waals surface area contributed by atoms with Gasteiger partial charge in [-0.25, -0.2) is 0 Å². The zero-order chi connectivity index (χ0) is 15.0. The predicted molar refractivity (Wildman–Crippen MR) is 69.7 cm³/mol. The van der Waals surface area contributed by atoms with Crippen LogP contribution in [-0.4, -0.2) is 0 Å². The highest BCUT2D eigenvalue weighted by Gasteiger charge is 2.33. The van der Waals surface area contributed by atoms with Gasteiger partial charge in [0, 0.05) is 6.42 Å². The summed E-state index contributed by atoms with van der Waals surface area (Å²) in [7, 11) is 0. The molecule has 2 aromatic rings. The highest BCUT2D eigenvalue weighted by Crippen LogP contribution is 2.40. The van der Waals surface area contributed by atoms with Crippen molar-refractivity contribution in [2.24, 2.45) is 0 Å². The van der Waals surface area contributed by atoms with E-state index in [0.717, 1.165) is 17.7 Å². The van der Waals surface area contributed by atoms with Gasteiger partial charge in [-0.05, 0) is 41.5 Å². The summed E-state index contributed by atoms with van der Waals surface area (Å²) in [5.41, 5.74) is 1.16. The molecule has 21 heavy (non-hydrogen) atoms. The van der Waals surface area contributed by atoms with E-state index in [9.17, 15) is 13.2 Å². The average molecular weight is 289 g/mol. The maximum absolute atomic E-state index is 12.7. The van der Waals surface area contributed by atoms with Crippen LogP contribution in [0.25, 0.3) is 0 Å². The number of nitrogens with zero attached hydrogens (tertiary/aromatic N) is 1. The molecule has 0 fully saturated rings. The Hall–Kier alpha value is -2.48. The Morgan fingerprint density at radius 2 is 1.95 bits per heavy atom. The van der Waals surface area contributed by atoms with Crippen molar-refractivity contribution < 1.29 is 17.9 Å². The van der Waals surface area contributed by atoms with Crippen LogP contribution in [-0.2, 0) is 12.6 Å². The molecule has 0 bridgehead atoms. The first-order chi connectivity index (χ1) is 9.97. The van der Waals surface area contributed by atoms with E-state index in [0.29, 0.717) is 23.3 Å². The molecule has 0 amide bonds. The summed E-state index contributed by atoms with van der Waals surface area (Å²) in [6.45, 7) is 0. The molecule has 3 rings (SSSR count). The number of alkyl halides is 3. The van der Waals surface area contributed by atoms with E-state index in [1.165, 1.54) is 6.07 Å². The average Bonchev–Trinajstić information content (AvgIpc) is 2.89. The summed E-state index contributed by atoms with van der Waals surface area (Å²) in [6, 6.07) is 12.5. The minimum Gasteiger partial charge on any atom is -0.485 e. The molecular weight excluding hydrogens is 279 g/mol. The number of rotatable bonds is 1. The lowest BCUT2D eigenvalue weighted by Crippen LogP contribution is -2.04. The largest absolute Gasteiger partial charge is 0.485 e. The maximum Gasteiger partial charge on any atom is 0.416 e. The molecule has 0 radical (unpaired) electrons. The zero-order valence-electron chi connectivity index (χ0n) is 10.8. The number of ether oxygens (including phenoxy) is 1. The van der Waals surface area contributed by atoms with Gasteiger partial charge in [-0.15, -0.1) is 0 Å². The predicted octanol–water partition coefficient (Wildman–Crippen LogP) is 4.25. The summed E-state index contributed by atoms with van der Waals surface area (Å²) in [5.74, 6) is 0.468.